The van der Waals surface area contributed by atoms with E-state index in [-0.39, 0.29) is 6.04 Å². The Balaban J connectivity index is 2.36. The first-order valence-electron chi connectivity index (χ1n) is 7.48. The topological polar surface area (TPSA) is 52.5 Å². The van der Waals surface area contributed by atoms with E-state index in [1.165, 1.54) is 5.56 Å². The number of thioether (sulfide) groups is 2. The van der Waals surface area contributed by atoms with Gasteiger partial charge in [0.05, 0.1) is 22.4 Å². The highest BCUT2D eigenvalue weighted by molar-refractivity contribution is 8.03. The fourth-order valence-electron chi connectivity index (χ4n) is 2.17. The van der Waals surface area contributed by atoms with Gasteiger partial charge in [-0.3, -0.25) is 0 Å². The molecule has 0 unspecified atom stereocenters. The molecule has 0 aliphatic heterocycles. The molecule has 24 heavy (non-hydrogen) atoms. The monoisotopic (exact) mass is 391 g/mol. The van der Waals surface area contributed by atoms with Gasteiger partial charge in [0.25, 0.3) is 0 Å². The predicted octanol–water partition coefficient (Wildman–Crippen LogP) is 5.90. The molecule has 0 aliphatic rings. The number of thiazole rings is 1. The van der Waals surface area contributed by atoms with Gasteiger partial charge >= 0.3 is 0 Å². The van der Waals surface area contributed by atoms with E-state index in [0.29, 0.717) is 12.8 Å². The molecule has 1 heterocycles. The van der Waals surface area contributed by atoms with E-state index in [4.69, 9.17) is 22.7 Å². The van der Waals surface area contributed by atoms with Crippen LogP contribution in [0, 0.1) is 26.6 Å². The Morgan fingerprint density at radius 1 is 1.12 bits per heavy atom. The first kappa shape index (κ1) is 19.1. The van der Waals surface area contributed by atoms with Crippen LogP contribution in [0.2, 0.25) is 0 Å². The normalized spacial score (nSPS) is 11.6. The van der Waals surface area contributed by atoms with Crippen LogP contribution in [0.1, 0.15) is 31.4 Å². The summed E-state index contributed by atoms with van der Waals surface area (Å²) in [5.74, 6) is 1.51. The molecule has 2 rings (SSSR count). The van der Waals surface area contributed by atoms with Gasteiger partial charge in [0, 0.05) is 24.3 Å². The summed E-state index contributed by atoms with van der Waals surface area (Å²) < 4.78 is 4.18. The molecule has 124 valence electrons. The number of hydrogen-bond acceptors (Lipinski definition) is 6. The van der Waals surface area contributed by atoms with Crippen molar-refractivity contribution in [2.24, 2.45) is 0 Å². The molecule has 0 N–H and O–H groups in total. The van der Waals surface area contributed by atoms with Crippen molar-refractivity contribution in [3.63, 3.8) is 0 Å². The number of benzene rings is 1. The molecule has 0 bridgehead atoms. The largest absolute Gasteiger partial charge is 0.310 e. The third kappa shape index (κ3) is 4.87. The quantitative estimate of drug-likeness (QED) is 0.318. The molecule has 1 aromatic carbocycles. The Morgan fingerprint density at radius 3 is 2.38 bits per heavy atom. The van der Waals surface area contributed by atoms with Gasteiger partial charge < -0.3 is 4.57 Å². The second-order valence-electron chi connectivity index (χ2n) is 4.93. The molecule has 0 fully saturated rings. The Morgan fingerprint density at radius 2 is 1.75 bits per heavy atom. The number of hydrogen-bond donors (Lipinski definition) is 0. The van der Waals surface area contributed by atoms with Crippen molar-refractivity contribution < 1.29 is 0 Å². The van der Waals surface area contributed by atoms with Crippen LogP contribution in [0.5, 0.6) is 0 Å². The van der Waals surface area contributed by atoms with Crippen LogP contribution >= 0.6 is 47.1 Å². The molecular formula is C17H17N3S4. The highest BCUT2D eigenvalue weighted by Crippen LogP contribution is 2.40. The molecule has 0 radical (unpaired) electrons. The molecule has 2 aromatic rings. The predicted molar refractivity (Wildman–Crippen MR) is 105 cm³/mol. The van der Waals surface area contributed by atoms with E-state index in [9.17, 15) is 0 Å². The lowest BCUT2D eigenvalue weighted by molar-refractivity contribution is 0.583. The molecule has 0 saturated heterocycles. The number of rotatable bonds is 8. The third-order valence-electron chi connectivity index (χ3n) is 3.34. The molecule has 0 spiro atoms. The summed E-state index contributed by atoms with van der Waals surface area (Å²) in [4.78, 5) is 0. The molecule has 3 nitrogen and oxygen atoms in total. The highest BCUT2D eigenvalue weighted by Gasteiger charge is 2.19. The Labute approximate surface area is 160 Å². The van der Waals surface area contributed by atoms with E-state index in [0.717, 1.165) is 24.7 Å². The zero-order valence-corrected chi connectivity index (χ0v) is 16.5. The molecule has 1 aromatic heterocycles. The average molecular weight is 392 g/mol. The van der Waals surface area contributed by atoms with Crippen molar-refractivity contribution in [1.29, 1.82) is 10.5 Å². The Kier molecular flexibility index (Phi) is 7.87. The standard InChI is InChI=1S/C17H17N3S4/c1-13(14-7-3-2-4-8-14)20-15(22-11-5-9-18)16(24-17(20)21)23-12-6-10-19/h2-4,7-8,13H,5-6,11-12H2,1H3/t13-/m0/s1. The van der Waals surface area contributed by atoms with Gasteiger partial charge in [-0.15, -0.1) is 23.5 Å². The van der Waals surface area contributed by atoms with Crippen LogP contribution in [0.3, 0.4) is 0 Å². The lowest BCUT2D eigenvalue weighted by Crippen LogP contribution is -2.08. The van der Waals surface area contributed by atoms with Crippen LogP contribution in [0.25, 0.3) is 0 Å². The van der Waals surface area contributed by atoms with Gasteiger partial charge in [0.1, 0.15) is 5.03 Å². The third-order valence-corrected chi connectivity index (χ3v) is 7.34. The SMILES string of the molecule is C[C@@H](c1ccccc1)n1c(SCCC#N)c(SCCC#N)sc1=S. The van der Waals surface area contributed by atoms with Gasteiger partial charge in [0.15, 0.2) is 3.95 Å². The van der Waals surface area contributed by atoms with E-state index >= 15 is 0 Å². The van der Waals surface area contributed by atoms with Crippen LogP contribution in [0.4, 0.5) is 0 Å². The van der Waals surface area contributed by atoms with E-state index in [1.807, 2.05) is 18.2 Å². The van der Waals surface area contributed by atoms with Crippen LogP contribution in [-0.2, 0) is 0 Å². The minimum Gasteiger partial charge on any atom is -0.310 e. The summed E-state index contributed by atoms with van der Waals surface area (Å²) in [6.07, 6.45) is 1.03. The summed E-state index contributed by atoms with van der Waals surface area (Å²) in [6, 6.07) is 14.8. The van der Waals surface area contributed by atoms with Crippen molar-refractivity contribution >= 4 is 47.1 Å². The first-order valence-corrected chi connectivity index (χ1v) is 10.7. The molecule has 1 atom stereocenters. The van der Waals surface area contributed by atoms with Crippen molar-refractivity contribution in [2.75, 3.05) is 11.5 Å². The lowest BCUT2D eigenvalue weighted by atomic mass is 10.1. The van der Waals surface area contributed by atoms with E-state index < -0.39 is 0 Å². The zero-order valence-electron chi connectivity index (χ0n) is 13.3. The van der Waals surface area contributed by atoms with Crippen molar-refractivity contribution in [3.8, 4) is 12.1 Å². The second-order valence-corrected chi connectivity index (χ2v) is 9.02. The Bertz CT molecular complexity index is 796. The van der Waals surface area contributed by atoms with Gasteiger partial charge in [0.2, 0.25) is 0 Å². The Hall–Kier alpha value is -1.25. The molecule has 7 heteroatoms. The first-order chi connectivity index (χ1) is 11.7. The summed E-state index contributed by atoms with van der Waals surface area (Å²) in [5.41, 5.74) is 1.21. The number of nitrogens with zero attached hydrogens (tertiary/aromatic N) is 3. The summed E-state index contributed by atoms with van der Waals surface area (Å²) in [7, 11) is 0. The molecule has 0 saturated carbocycles. The summed E-state index contributed by atoms with van der Waals surface area (Å²) in [5, 5.41) is 18.7. The van der Waals surface area contributed by atoms with E-state index in [1.54, 1.807) is 34.9 Å². The van der Waals surface area contributed by atoms with Gasteiger partial charge in [-0.2, -0.15) is 10.5 Å². The highest BCUT2D eigenvalue weighted by atomic mass is 32.2. The zero-order chi connectivity index (χ0) is 17.4. The smallest absolute Gasteiger partial charge is 0.163 e. The molecule has 0 aliphatic carbocycles. The maximum Gasteiger partial charge on any atom is 0.163 e. The number of nitriles is 2. The van der Waals surface area contributed by atoms with Crippen LogP contribution in [-0.4, -0.2) is 16.1 Å². The van der Waals surface area contributed by atoms with Gasteiger partial charge in [-0.1, -0.05) is 41.7 Å². The van der Waals surface area contributed by atoms with Crippen molar-refractivity contribution in [2.45, 2.75) is 35.0 Å². The average Bonchev–Trinajstić information content (AvgIpc) is 2.91. The minimum atomic E-state index is 0.143. The fourth-order valence-corrected chi connectivity index (χ4v) is 6.51. The molecular weight excluding hydrogens is 374 g/mol. The summed E-state index contributed by atoms with van der Waals surface area (Å²) in [6.45, 7) is 2.15. The second kappa shape index (κ2) is 9.90. The van der Waals surface area contributed by atoms with Gasteiger partial charge in [-0.05, 0) is 24.7 Å². The minimum absolute atomic E-state index is 0.143. The maximum atomic E-state index is 8.82. The molecule has 0 amide bonds. The van der Waals surface area contributed by atoms with Crippen molar-refractivity contribution in [3.05, 3.63) is 39.8 Å². The maximum absolute atomic E-state index is 8.82. The van der Waals surface area contributed by atoms with Gasteiger partial charge in [-0.25, -0.2) is 0 Å². The van der Waals surface area contributed by atoms with Crippen LogP contribution in [0.15, 0.2) is 39.6 Å². The van der Waals surface area contributed by atoms with Crippen molar-refractivity contribution in [1.82, 2.24) is 4.57 Å². The lowest BCUT2D eigenvalue weighted by Gasteiger charge is -2.17. The number of aromatic nitrogens is 1. The van der Waals surface area contributed by atoms with E-state index in [2.05, 4.69) is 35.8 Å². The summed E-state index contributed by atoms with van der Waals surface area (Å²) >= 11 is 10.6. The van der Waals surface area contributed by atoms with Crippen LogP contribution < -0.4 is 0 Å². The fraction of sp³-hybridized carbons (Fsp3) is 0.353.